The fourth-order valence-electron chi connectivity index (χ4n) is 1.58. The molecule has 1 aromatic carbocycles. The average Bonchev–Trinajstić information content (AvgIpc) is 2.44. The Balaban J connectivity index is 2.75. The van der Waals surface area contributed by atoms with Gasteiger partial charge in [0, 0.05) is 6.42 Å². The Morgan fingerprint density at radius 1 is 1.40 bits per heavy atom. The van der Waals surface area contributed by atoms with Crippen LogP contribution >= 0.6 is 0 Å². The van der Waals surface area contributed by atoms with Crippen LogP contribution in [0.3, 0.4) is 0 Å². The fourth-order valence-corrected chi connectivity index (χ4v) is 1.58. The second-order valence-electron chi connectivity index (χ2n) is 4.35. The summed E-state index contributed by atoms with van der Waals surface area (Å²) < 4.78 is 4.95. The molecule has 0 aromatic heterocycles. The van der Waals surface area contributed by atoms with Crippen LogP contribution in [-0.2, 0) is 20.7 Å². The molecular formula is C15H19NO4. The molecule has 2 atom stereocenters. The molecule has 0 aliphatic heterocycles. The van der Waals surface area contributed by atoms with Crippen LogP contribution in [0.15, 0.2) is 43.0 Å². The number of aliphatic hydroxyl groups is 1. The fraction of sp³-hybridized carbons (Fsp3) is 0.333. The van der Waals surface area contributed by atoms with Crippen molar-refractivity contribution in [3.63, 3.8) is 0 Å². The van der Waals surface area contributed by atoms with Crippen molar-refractivity contribution >= 4 is 11.9 Å². The third-order valence-corrected chi connectivity index (χ3v) is 2.61. The Bertz CT molecular complexity index is 456. The van der Waals surface area contributed by atoms with E-state index in [-0.39, 0.29) is 6.61 Å². The van der Waals surface area contributed by atoms with Gasteiger partial charge in [-0.3, -0.25) is 4.79 Å². The lowest BCUT2D eigenvalue weighted by molar-refractivity contribution is -0.147. The molecule has 20 heavy (non-hydrogen) atoms. The van der Waals surface area contributed by atoms with Crippen LogP contribution in [0.5, 0.6) is 0 Å². The average molecular weight is 277 g/mol. The number of hydrogen-bond donors (Lipinski definition) is 2. The van der Waals surface area contributed by atoms with Gasteiger partial charge in [0.1, 0.15) is 18.8 Å². The Morgan fingerprint density at radius 3 is 2.60 bits per heavy atom. The molecular weight excluding hydrogens is 258 g/mol. The largest absolute Gasteiger partial charge is 0.460 e. The minimum Gasteiger partial charge on any atom is -0.460 e. The van der Waals surface area contributed by atoms with Gasteiger partial charge in [-0.15, -0.1) is 0 Å². The topological polar surface area (TPSA) is 75.6 Å². The lowest BCUT2D eigenvalue weighted by Gasteiger charge is -2.18. The van der Waals surface area contributed by atoms with E-state index in [1.165, 1.54) is 13.0 Å². The van der Waals surface area contributed by atoms with Gasteiger partial charge in [-0.2, -0.15) is 0 Å². The highest BCUT2D eigenvalue weighted by Crippen LogP contribution is 2.05. The molecule has 0 aliphatic carbocycles. The minimum atomic E-state index is -1.18. The molecule has 0 aliphatic rings. The number of ether oxygens (including phenoxy) is 1. The first-order valence-corrected chi connectivity index (χ1v) is 6.34. The number of carbonyl (C=O) groups is 2. The maximum Gasteiger partial charge on any atom is 0.329 e. The van der Waals surface area contributed by atoms with Gasteiger partial charge >= 0.3 is 5.97 Å². The first-order valence-electron chi connectivity index (χ1n) is 6.34. The van der Waals surface area contributed by atoms with Gasteiger partial charge in [-0.25, -0.2) is 4.79 Å². The maximum atomic E-state index is 11.9. The van der Waals surface area contributed by atoms with E-state index in [1.54, 1.807) is 0 Å². The van der Waals surface area contributed by atoms with Crippen molar-refractivity contribution in [3.8, 4) is 0 Å². The summed E-state index contributed by atoms with van der Waals surface area (Å²) in [5.41, 5.74) is 0.888. The molecule has 1 amide bonds. The third kappa shape index (κ3) is 5.24. The van der Waals surface area contributed by atoms with E-state index >= 15 is 0 Å². The molecule has 0 heterocycles. The SMILES string of the molecule is C=CCOC(=O)[C@H](Cc1ccccc1)NC(=O)[C@H](C)O. The number of amides is 1. The lowest BCUT2D eigenvalue weighted by Crippen LogP contribution is -2.46. The summed E-state index contributed by atoms with van der Waals surface area (Å²) in [5, 5.41) is 11.7. The van der Waals surface area contributed by atoms with Crippen LogP contribution in [0.25, 0.3) is 0 Å². The van der Waals surface area contributed by atoms with E-state index in [1.807, 2.05) is 30.3 Å². The van der Waals surface area contributed by atoms with Crippen LogP contribution in [0.2, 0.25) is 0 Å². The second-order valence-corrected chi connectivity index (χ2v) is 4.35. The zero-order valence-corrected chi connectivity index (χ0v) is 11.4. The first kappa shape index (κ1) is 15.9. The molecule has 0 fully saturated rings. The molecule has 0 radical (unpaired) electrons. The summed E-state index contributed by atoms with van der Waals surface area (Å²) in [6.45, 7) is 4.88. The summed E-state index contributed by atoms with van der Waals surface area (Å²) >= 11 is 0. The molecule has 2 N–H and O–H groups in total. The molecule has 0 bridgehead atoms. The Kier molecular flexibility index (Phi) is 6.46. The highest BCUT2D eigenvalue weighted by molar-refractivity contribution is 5.86. The number of nitrogens with one attached hydrogen (secondary N) is 1. The van der Waals surface area contributed by atoms with E-state index in [9.17, 15) is 14.7 Å². The quantitative estimate of drug-likeness (QED) is 0.571. The monoisotopic (exact) mass is 277 g/mol. The molecule has 1 aromatic rings. The summed E-state index contributed by atoms with van der Waals surface area (Å²) in [7, 11) is 0. The number of rotatable bonds is 7. The van der Waals surface area contributed by atoms with Gasteiger partial charge in [0.15, 0.2) is 0 Å². The van der Waals surface area contributed by atoms with Crippen molar-refractivity contribution in [2.24, 2.45) is 0 Å². The van der Waals surface area contributed by atoms with Crippen molar-refractivity contribution in [2.75, 3.05) is 6.61 Å². The van der Waals surface area contributed by atoms with Gasteiger partial charge < -0.3 is 15.2 Å². The van der Waals surface area contributed by atoms with E-state index in [4.69, 9.17) is 4.74 Å². The summed E-state index contributed by atoms with van der Waals surface area (Å²) in [6, 6.07) is 8.42. The molecule has 5 nitrogen and oxygen atoms in total. The second kappa shape index (κ2) is 8.12. The van der Waals surface area contributed by atoms with Gasteiger partial charge in [0.05, 0.1) is 0 Å². The number of carbonyl (C=O) groups excluding carboxylic acids is 2. The molecule has 0 saturated heterocycles. The van der Waals surface area contributed by atoms with Crippen LogP contribution in [0.1, 0.15) is 12.5 Å². The summed E-state index contributed by atoms with van der Waals surface area (Å²) in [4.78, 5) is 23.4. The third-order valence-electron chi connectivity index (χ3n) is 2.61. The van der Waals surface area contributed by atoms with Crippen molar-refractivity contribution < 1.29 is 19.4 Å². The highest BCUT2D eigenvalue weighted by atomic mass is 16.5. The van der Waals surface area contributed by atoms with Crippen molar-refractivity contribution in [3.05, 3.63) is 48.6 Å². The van der Waals surface area contributed by atoms with Crippen molar-refractivity contribution in [1.29, 1.82) is 0 Å². The van der Waals surface area contributed by atoms with Crippen LogP contribution in [0, 0.1) is 0 Å². The van der Waals surface area contributed by atoms with E-state index < -0.39 is 24.0 Å². The predicted molar refractivity (Wildman–Crippen MR) is 74.9 cm³/mol. The van der Waals surface area contributed by atoms with Crippen molar-refractivity contribution in [2.45, 2.75) is 25.5 Å². The first-order chi connectivity index (χ1) is 9.54. The number of benzene rings is 1. The molecule has 0 unspecified atom stereocenters. The zero-order valence-electron chi connectivity index (χ0n) is 11.4. The van der Waals surface area contributed by atoms with Gasteiger partial charge in [-0.05, 0) is 12.5 Å². The molecule has 5 heteroatoms. The Morgan fingerprint density at radius 2 is 2.05 bits per heavy atom. The maximum absolute atomic E-state index is 11.9. The van der Waals surface area contributed by atoms with Crippen LogP contribution in [-0.4, -0.2) is 35.7 Å². The standard InChI is InChI=1S/C15H19NO4/c1-3-9-20-15(19)13(16-14(18)11(2)17)10-12-7-5-4-6-8-12/h3-8,11,13,17H,1,9-10H2,2H3,(H,16,18)/t11-,13-/m0/s1. The molecule has 108 valence electrons. The van der Waals surface area contributed by atoms with Crippen LogP contribution in [0.4, 0.5) is 0 Å². The van der Waals surface area contributed by atoms with E-state index in [0.29, 0.717) is 6.42 Å². The highest BCUT2D eigenvalue weighted by Gasteiger charge is 2.24. The summed E-state index contributed by atoms with van der Waals surface area (Å²) in [5.74, 6) is -1.16. The van der Waals surface area contributed by atoms with Gasteiger partial charge in [-0.1, -0.05) is 43.0 Å². The number of hydrogen-bond acceptors (Lipinski definition) is 4. The van der Waals surface area contributed by atoms with E-state index in [0.717, 1.165) is 5.56 Å². The Labute approximate surface area is 118 Å². The van der Waals surface area contributed by atoms with Crippen LogP contribution < -0.4 is 5.32 Å². The molecule has 0 spiro atoms. The molecule has 0 saturated carbocycles. The number of aliphatic hydroxyl groups excluding tert-OH is 1. The number of esters is 1. The van der Waals surface area contributed by atoms with Gasteiger partial charge in [0.2, 0.25) is 5.91 Å². The normalized spacial score (nSPS) is 13.1. The minimum absolute atomic E-state index is 0.0780. The Hall–Kier alpha value is -2.14. The lowest BCUT2D eigenvalue weighted by atomic mass is 10.1. The molecule has 1 rings (SSSR count). The van der Waals surface area contributed by atoms with Gasteiger partial charge in [0.25, 0.3) is 0 Å². The van der Waals surface area contributed by atoms with E-state index in [2.05, 4.69) is 11.9 Å². The van der Waals surface area contributed by atoms with Crippen molar-refractivity contribution in [1.82, 2.24) is 5.32 Å². The summed E-state index contributed by atoms with van der Waals surface area (Å²) in [6.07, 6.45) is 0.573. The predicted octanol–water partition coefficient (Wildman–Crippen LogP) is 0.824. The smallest absolute Gasteiger partial charge is 0.329 e. The zero-order chi connectivity index (χ0) is 15.0.